The van der Waals surface area contributed by atoms with Crippen molar-refractivity contribution in [2.24, 2.45) is 0 Å². The molecule has 0 aliphatic carbocycles. The Kier molecular flexibility index (Phi) is 11.0. The highest BCUT2D eigenvalue weighted by molar-refractivity contribution is 7.49. The van der Waals surface area contributed by atoms with Crippen molar-refractivity contribution >= 4 is 26.1 Å². The van der Waals surface area contributed by atoms with Crippen molar-refractivity contribution in [2.75, 3.05) is 21.3 Å². The zero-order chi connectivity index (χ0) is 32.3. The molecule has 0 bridgehead atoms. The highest BCUT2D eigenvalue weighted by Gasteiger charge is 2.34. The van der Waals surface area contributed by atoms with Gasteiger partial charge in [0.2, 0.25) is 18.6 Å². The van der Waals surface area contributed by atoms with Gasteiger partial charge in [0.05, 0.1) is 36.1 Å². The maximum Gasteiger partial charge on any atom is 0.647 e. The van der Waals surface area contributed by atoms with Gasteiger partial charge in [-0.05, 0) is 36.4 Å². The van der Waals surface area contributed by atoms with Crippen molar-refractivity contribution in [2.45, 2.75) is 0 Å². The molecule has 0 fully saturated rings. The number of phosphoric acid groups is 1. The molecule has 0 amide bonds. The number of methoxy groups -OCH3 is 3. The molecule has 0 radical (unpaired) electrons. The Balaban J connectivity index is 2.04. The van der Waals surface area contributed by atoms with Crippen LogP contribution in [0, 0.1) is 30.3 Å². The molecule has 3 aromatic carbocycles. The van der Waals surface area contributed by atoms with Crippen LogP contribution in [-0.4, -0.2) is 36.1 Å². The molecular formula is C27H24N3O13P. The molecule has 3 aromatic rings. The average Bonchev–Trinajstić information content (AvgIpc) is 2.98. The normalized spacial score (nSPS) is 11.4. The Morgan fingerprint density at radius 2 is 0.818 bits per heavy atom. The van der Waals surface area contributed by atoms with Gasteiger partial charge >= 0.3 is 7.82 Å². The first-order chi connectivity index (χ1) is 20.9. The van der Waals surface area contributed by atoms with Gasteiger partial charge in [0.15, 0.2) is 0 Å². The molecule has 0 atom stereocenters. The van der Waals surface area contributed by atoms with E-state index in [1.807, 2.05) is 0 Å². The van der Waals surface area contributed by atoms with E-state index in [2.05, 4.69) is 0 Å². The number of rotatable bonds is 15. The molecule has 0 aliphatic heterocycles. The van der Waals surface area contributed by atoms with E-state index >= 15 is 0 Å². The van der Waals surface area contributed by atoms with Crippen LogP contribution < -0.4 is 27.8 Å². The van der Waals surface area contributed by atoms with Crippen LogP contribution >= 0.6 is 7.82 Å². The van der Waals surface area contributed by atoms with Crippen LogP contribution in [-0.2, 0) is 4.57 Å². The summed E-state index contributed by atoms with van der Waals surface area (Å²) in [6.45, 7) is 0. The van der Waals surface area contributed by atoms with Crippen LogP contribution in [0.15, 0.2) is 73.2 Å². The van der Waals surface area contributed by atoms with Gasteiger partial charge in [-0.1, -0.05) is 0 Å². The van der Waals surface area contributed by atoms with E-state index in [0.717, 1.165) is 0 Å². The van der Waals surface area contributed by atoms with Crippen molar-refractivity contribution in [3.63, 3.8) is 0 Å². The lowest BCUT2D eigenvalue weighted by Crippen LogP contribution is -2.08. The molecule has 0 saturated carbocycles. The van der Waals surface area contributed by atoms with Crippen molar-refractivity contribution in [3.8, 4) is 34.5 Å². The summed E-state index contributed by atoms with van der Waals surface area (Å²) >= 11 is 0. The fourth-order valence-corrected chi connectivity index (χ4v) is 4.75. The predicted molar refractivity (Wildman–Crippen MR) is 157 cm³/mol. The van der Waals surface area contributed by atoms with Gasteiger partial charge in [-0.2, -0.15) is 4.57 Å². The van der Waals surface area contributed by atoms with E-state index in [1.54, 1.807) is 0 Å². The number of ether oxygens (including phenoxy) is 3. The zero-order valence-electron chi connectivity index (χ0n) is 23.3. The van der Waals surface area contributed by atoms with E-state index in [9.17, 15) is 34.9 Å². The Morgan fingerprint density at radius 1 is 0.545 bits per heavy atom. The van der Waals surface area contributed by atoms with E-state index < -0.39 is 22.6 Å². The minimum Gasteiger partial charge on any atom is -0.496 e. The summed E-state index contributed by atoms with van der Waals surface area (Å²) in [6, 6.07) is 12.2. The number of nitrogens with zero attached hydrogens (tertiary/aromatic N) is 3. The van der Waals surface area contributed by atoms with Crippen molar-refractivity contribution < 1.29 is 47.1 Å². The molecule has 44 heavy (non-hydrogen) atoms. The third-order valence-corrected chi connectivity index (χ3v) is 6.70. The smallest absolute Gasteiger partial charge is 0.496 e. The minimum atomic E-state index is -4.66. The number of phosphoric ester groups is 1. The van der Waals surface area contributed by atoms with Gasteiger partial charge < -0.3 is 27.8 Å². The van der Waals surface area contributed by atoms with Crippen molar-refractivity contribution in [3.05, 3.63) is 120 Å². The molecule has 230 valence electrons. The summed E-state index contributed by atoms with van der Waals surface area (Å²) in [4.78, 5) is 30.3. The second-order valence-corrected chi connectivity index (χ2v) is 9.68. The molecular weight excluding hydrogens is 605 g/mol. The molecule has 0 unspecified atom stereocenters. The minimum absolute atomic E-state index is 0.0709. The van der Waals surface area contributed by atoms with Crippen LogP contribution in [0.25, 0.3) is 18.2 Å². The van der Waals surface area contributed by atoms with Crippen LogP contribution in [0.5, 0.6) is 34.5 Å². The predicted octanol–water partition coefficient (Wildman–Crippen LogP) is 6.10. The largest absolute Gasteiger partial charge is 0.647 e. The second-order valence-electron chi connectivity index (χ2n) is 8.24. The van der Waals surface area contributed by atoms with E-state index in [0.29, 0.717) is 35.3 Å². The van der Waals surface area contributed by atoms with E-state index in [4.69, 9.17) is 27.8 Å². The van der Waals surface area contributed by atoms with Crippen molar-refractivity contribution in [1.29, 1.82) is 0 Å². The lowest BCUT2D eigenvalue weighted by atomic mass is 10.2. The SMILES string of the molecule is COc1cc(OP(=O)(Oc2ccc(/C=C/[N+](=O)[O-])c(OC)c2)Oc2ccc(/C=C/[N+](=O)[O-])c(OC)c2)ccc1/C=C/[N+](=O)[O-]. The highest BCUT2D eigenvalue weighted by Crippen LogP contribution is 2.51. The lowest BCUT2D eigenvalue weighted by molar-refractivity contribution is -0.401. The third-order valence-electron chi connectivity index (χ3n) is 5.39. The lowest BCUT2D eigenvalue weighted by Gasteiger charge is -2.21. The maximum atomic E-state index is 14.1. The van der Waals surface area contributed by atoms with Crippen LogP contribution in [0.4, 0.5) is 0 Å². The Morgan fingerprint density at radius 3 is 1.05 bits per heavy atom. The number of benzene rings is 3. The first-order valence-corrected chi connectivity index (χ1v) is 13.6. The molecule has 0 N–H and O–H groups in total. The van der Waals surface area contributed by atoms with Gasteiger partial charge in [0, 0.05) is 53.1 Å². The standard InChI is InChI=1S/C27H24N3O13P/c1-38-25-16-22(7-4-19(25)10-13-28(31)32)41-44(37,42-23-8-5-20(11-14-29(33)34)26(17-23)39-2)43-24-9-6-21(12-15-30(35)36)27(18-24)40-3/h4-18H,1-3H3/b13-10+,14-11+,15-12+. The summed E-state index contributed by atoms with van der Waals surface area (Å²) < 4.78 is 47.0. The molecule has 16 nitrogen and oxygen atoms in total. The summed E-state index contributed by atoms with van der Waals surface area (Å²) in [7, 11) is -0.709. The topological polar surface area (TPSA) is 202 Å². The van der Waals surface area contributed by atoms with E-state index in [1.165, 1.54) is 94.2 Å². The molecule has 0 aromatic heterocycles. The van der Waals surface area contributed by atoms with Crippen molar-refractivity contribution in [1.82, 2.24) is 0 Å². The first-order valence-electron chi connectivity index (χ1n) is 12.1. The quantitative estimate of drug-likeness (QED) is 0.106. The Labute approximate surface area is 249 Å². The summed E-state index contributed by atoms with van der Waals surface area (Å²) in [5.74, 6) is 0.202. The Bertz CT molecular complexity index is 1490. The molecule has 0 saturated heterocycles. The van der Waals surface area contributed by atoms with E-state index in [-0.39, 0.29) is 34.5 Å². The summed E-state index contributed by atoms with van der Waals surface area (Å²) in [5, 5.41) is 32.2. The van der Waals surface area contributed by atoms with Gasteiger partial charge in [-0.15, -0.1) is 0 Å². The number of hydrogen-bond donors (Lipinski definition) is 0. The third kappa shape index (κ3) is 9.32. The van der Waals surface area contributed by atoms with Gasteiger partial charge in [-0.25, -0.2) is 0 Å². The average molecular weight is 629 g/mol. The fraction of sp³-hybridized carbons (Fsp3) is 0.111. The maximum absolute atomic E-state index is 14.1. The van der Waals surface area contributed by atoms with Crippen LogP contribution in [0.3, 0.4) is 0 Å². The van der Waals surface area contributed by atoms with Gasteiger partial charge in [0.25, 0.3) is 0 Å². The summed E-state index contributed by atoms with van der Waals surface area (Å²) in [6.07, 6.45) is 5.72. The monoisotopic (exact) mass is 629 g/mol. The molecule has 0 aliphatic rings. The zero-order valence-corrected chi connectivity index (χ0v) is 24.2. The van der Waals surface area contributed by atoms with Gasteiger partial charge in [-0.3, -0.25) is 30.3 Å². The molecule has 17 heteroatoms. The first kappa shape index (κ1) is 32.6. The highest BCUT2D eigenvalue weighted by atomic mass is 31.2. The summed E-state index contributed by atoms with van der Waals surface area (Å²) in [5.41, 5.74) is 0.957. The van der Waals surface area contributed by atoms with Crippen LogP contribution in [0.1, 0.15) is 16.7 Å². The number of nitro groups is 3. The fourth-order valence-electron chi connectivity index (χ4n) is 3.52. The molecule has 3 rings (SSSR count). The Hall–Kier alpha value is -5.89. The van der Waals surface area contributed by atoms with Gasteiger partial charge in [0.1, 0.15) is 34.5 Å². The number of hydrogen-bond acceptors (Lipinski definition) is 13. The second kappa shape index (κ2) is 14.8. The van der Waals surface area contributed by atoms with Crippen LogP contribution in [0.2, 0.25) is 0 Å². The molecule has 0 heterocycles. The molecule has 0 spiro atoms.